The van der Waals surface area contributed by atoms with Gasteiger partial charge in [0.1, 0.15) is 5.82 Å². The molecule has 1 fully saturated rings. The maximum atomic E-state index is 13.1. The molecule has 0 aliphatic carbocycles. The number of rotatable bonds is 5. The number of amides is 2. The van der Waals surface area contributed by atoms with Gasteiger partial charge in [-0.25, -0.2) is 4.98 Å². The fraction of sp³-hybridized carbons (Fsp3) is 0.185. The number of benzene rings is 2. The fourth-order valence-electron chi connectivity index (χ4n) is 4.34. The molecule has 2 aromatic carbocycles. The molecule has 0 saturated carbocycles. The van der Waals surface area contributed by atoms with E-state index in [9.17, 15) is 9.59 Å². The summed E-state index contributed by atoms with van der Waals surface area (Å²) in [6.07, 6.45) is 5.84. The van der Waals surface area contributed by atoms with Crippen LogP contribution in [0.1, 0.15) is 27.1 Å². The van der Waals surface area contributed by atoms with Gasteiger partial charge < -0.3 is 16.0 Å². The lowest BCUT2D eigenvalue weighted by Crippen LogP contribution is -2.38. The lowest BCUT2D eigenvalue weighted by Gasteiger charge is -2.18. The smallest absolute Gasteiger partial charge is 0.255 e. The molecule has 9 heteroatoms. The number of hydrogen-bond acceptors (Lipinski definition) is 5. The van der Waals surface area contributed by atoms with Gasteiger partial charge in [0, 0.05) is 60.3 Å². The first-order valence-corrected chi connectivity index (χ1v) is 12.0. The van der Waals surface area contributed by atoms with Crippen molar-refractivity contribution in [2.45, 2.75) is 12.5 Å². The largest absolute Gasteiger partial charge is 0.383 e. The van der Waals surface area contributed by atoms with Crippen LogP contribution in [0.4, 0.5) is 5.82 Å². The van der Waals surface area contributed by atoms with Crippen LogP contribution in [0.5, 0.6) is 0 Å². The molecule has 5 rings (SSSR count). The Balaban J connectivity index is 1.22. The second-order valence-corrected chi connectivity index (χ2v) is 9.29. The molecule has 0 spiro atoms. The number of pyridine rings is 1. The molecule has 36 heavy (non-hydrogen) atoms. The van der Waals surface area contributed by atoms with Crippen molar-refractivity contribution in [3.63, 3.8) is 0 Å². The Morgan fingerprint density at radius 3 is 2.36 bits per heavy atom. The zero-order valence-corrected chi connectivity index (χ0v) is 20.4. The fourth-order valence-corrected chi connectivity index (χ4v) is 4.47. The third kappa shape index (κ3) is 4.94. The van der Waals surface area contributed by atoms with Gasteiger partial charge in [-0.2, -0.15) is 5.10 Å². The topological polar surface area (TPSA) is 106 Å². The van der Waals surface area contributed by atoms with Gasteiger partial charge in [0.2, 0.25) is 0 Å². The van der Waals surface area contributed by atoms with Crippen molar-refractivity contribution in [3.05, 3.63) is 89.3 Å². The van der Waals surface area contributed by atoms with Crippen LogP contribution in [-0.2, 0) is 7.05 Å². The molecular formula is C27H25ClN6O2. The van der Waals surface area contributed by atoms with Crippen molar-refractivity contribution >= 4 is 29.2 Å². The Labute approximate surface area is 213 Å². The molecule has 3 N–H and O–H groups in total. The van der Waals surface area contributed by atoms with Gasteiger partial charge in [-0.15, -0.1) is 0 Å². The molecule has 0 radical (unpaired) electrons. The molecule has 1 atom stereocenters. The summed E-state index contributed by atoms with van der Waals surface area (Å²) < 4.78 is 1.68. The van der Waals surface area contributed by atoms with Gasteiger partial charge in [-0.1, -0.05) is 35.9 Å². The van der Waals surface area contributed by atoms with Crippen LogP contribution in [0.3, 0.4) is 0 Å². The lowest BCUT2D eigenvalue weighted by atomic mass is 10.0. The van der Waals surface area contributed by atoms with Crippen molar-refractivity contribution in [3.8, 4) is 22.3 Å². The van der Waals surface area contributed by atoms with Crippen molar-refractivity contribution in [2.24, 2.45) is 7.05 Å². The minimum atomic E-state index is -0.308. The molecule has 4 aromatic rings. The number of aryl methyl sites for hydroxylation is 1. The number of halogens is 1. The summed E-state index contributed by atoms with van der Waals surface area (Å²) in [7, 11) is 1.82. The third-order valence-electron chi connectivity index (χ3n) is 6.32. The molecule has 182 valence electrons. The number of carbonyl (C=O) groups excluding carboxylic acids is 2. The average molecular weight is 501 g/mol. The Bertz CT molecular complexity index is 1420. The number of nitrogens with one attached hydrogen (secondary N) is 1. The summed E-state index contributed by atoms with van der Waals surface area (Å²) in [5.41, 5.74) is 10.6. The zero-order valence-electron chi connectivity index (χ0n) is 19.7. The van der Waals surface area contributed by atoms with E-state index in [2.05, 4.69) is 15.4 Å². The Morgan fingerprint density at radius 2 is 1.69 bits per heavy atom. The molecule has 2 amide bonds. The summed E-state index contributed by atoms with van der Waals surface area (Å²) in [4.78, 5) is 32.0. The van der Waals surface area contributed by atoms with E-state index >= 15 is 0 Å². The summed E-state index contributed by atoms with van der Waals surface area (Å²) in [5, 5.41) is 7.85. The average Bonchev–Trinajstić information content (AvgIpc) is 3.53. The molecule has 1 aliphatic rings. The number of nitrogens with zero attached hydrogens (tertiary/aromatic N) is 4. The Hall–Kier alpha value is -4.17. The highest BCUT2D eigenvalue weighted by Gasteiger charge is 2.29. The van der Waals surface area contributed by atoms with Crippen LogP contribution in [-0.4, -0.2) is 50.6 Å². The third-order valence-corrected chi connectivity index (χ3v) is 6.57. The van der Waals surface area contributed by atoms with Gasteiger partial charge >= 0.3 is 0 Å². The van der Waals surface area contributed by atoms with Crippen molar-refractivity contribution < 1.29 is 9.59 Å². The molecule has 3 heterocycles. The monoisotopic (exact) mass is 500 g/mol. The number of nitrogens with two attached hydrogens (primary N) is 1. The second kappa shape index (κ2) is 9.83. The van der Waals surface area contributed by atoms with Gasteiger partial charge in [0.15, 0.2) is 0 Å². The standard InChI is InChI=1S/C27H25ClN6O2/c1-33-15-21(14-31-33)20-12-24(25(29)30-13-20)26(35)32-23-10-11-34(16-23)27(36)19-4-2-17(3-5-19)18-6-8-22(28)9-7-18/h2-9,12-15,23H,10-11,16H2,1H3,(H2,29,30)(H,32,35)/t23-/m1/s1. The van der Waals surface area contributed by atoms with Crippen LogP contribution in [0.2, 0.25) is 5.02 Å². The maximum absolute atomic E-state index is 13.1. The molecule has 0 bridgehead atoms. The van der Waals surface area contributed by atoms with E-state index in [1.807, 2.05) is 61.8 Å². The Kier molecular flexibility index (Phi) is 6.43. The van der Waals surface area contributed by atoms with Crippen LogP contribution >= 0.6 is 11.6 Å². The van der Waals surface area contributed by atoms with Gasteiger partial charge in [-0.3, -0.25) is 14.3 Å². The van der Waals surface area contributed by atoms with Crippen LogP contribution in [0, 0.1) is 0 Å². The summed E-state index contributed by atoms with van der Waals surface area (Å²) in [5.74, 6) is -0.210. The minimum Gasteiger partial charge on any atom is -0.383 e. The zero-order chi connectivity index (χ0) is 25.2. The molecule has 0 unspecified atom stereocenters. The minimum absolute atomic E-state index is 0.0610. The molecule has 2 aromatic heterocycles. The number of carbonyl (C=O) groups is 2. The first-order chi connectivity index (χ1) is 17.4. The summed E-state index contributed by atoms with van der Waals surface area (Å²) in [6, 6.07) is 16.6. The van der Waals surface area contributed by atoms with Crippen molar-refractivity contribution in [1.29, 1.82) is 0 Å². The molecular weight excluding hydrogens is 476 g/mol. The quantitative estimate of drug-likeness (QED) is 0.430. The van der Waals surface area contributed by atoms with Gasteiger partial charge in [0.05, 0.1) is 11.8 Å². The SMILES string of the molecule is Cn1cc(-c2cnc(N)c(C(=O)N[C@@H]3CCN(C(=O)c4ccc(-c5ccc(Cl)cc5)cc4)C3)c2)cn1. The second-order valence-electron chi connectivity index (χ2n) is 8.85. The molecule has 1 aliphatic heterocycles. The molecule has 8 nitrogen and oxygen atoms in total. The van der Waals surface area contributed by atoms with Crippen LogP contribution in [0.25, 0.3) is 22.3 Å². The summed E-state index contributed by atoms with van der Waals surface area (Å²) in [6.45, 7) is 0.991. The van der Waals surface area contributed by atoms with Gasteiger partial charge in [0.25, 0.3) is 11.8 Å². The van der Waals surface area contributed by atoms with E-state index in [1.165, 1.54) is 0 Å². The predicted molar refractivity (Wildman–Crippen MR) is 140 cm³/mol. The van der Waals surface area contributed by atoms with Crippen LogP contribution < -0.4 is 11.1 Å². The van der Waals surface area contributed by atoms with Crippen molar-refractivity contribution in [2.75, 3.05) is 18.8 Å². The van der Waals surface area contributed by atoms with E-state index in [0.717, 1.165) is 22.3 Å². The lowest BCUT2D eigenvalue weighted by molar-refractivity contribution is 0.0783. The first kappa shape index (κ1) is 23.6. The number of likely N-dealkylation sites (tertiary alicyclic amines) is 1. The maximum Gasteiger partial charge on any atom is 0.255 e. The number of hydrogen-bond donors (Lipinski definition) is 2. The highest BCUT2D eigenvalue weighted by atomic mass is 35.5. The van der Waals surface area contributed by atoms with E-state index in [0.29, 0.717) is 35.7 Å². The number of anilines is 1. The van der Waals surface area contributed by atoms with E-state index < -0.39 is 0 Å². The predicted octanol–water partition coefficient (Wildman–Crippen LogP) is 4.03. The normalized spacial score (nSPS) is 15.2. The van der Waals surface area contributed by atoms with Gasteiger partial charge in [-0.05, 0) is 47.9 Å². The molecule has 1 saturated heterocycles. The summed E-state index contributed by atoms with van der Waals surface area (Å²) >= 11 is 5.97. The first-order valence-electron chi connectivity index (χ1n) is 11.6. The number of aromatic nitrogens is 3. The Morgan fingerprint density at radius 1 is 1.00 bits per heavy atom. The van der Waals surface area contributed by atoms with E-state index in [1.54, 1.807) is 28.0 Å². The number of nitrogen functional groups attached to an aromatic ring is 1. The van der Waals surface area contributed by atoms with Crippen molar-refractivity contribution in [1.82, 2.24) is 25.0 Å². The highest BCUT2D eigenvalue weighted by Crippen LogP contribution is 2.24. The van der Waals surface area contributed by atoms with E-state index in [4.69, 9.17) is 17.3 Å². The van der Waals surface area contributed by atoms with Crippen LogP contribution in [0.15, 0.2) is 73.2 Å². The highest BCUT2D eigenvalue weighted by molar-refractivity contribution is 6.30. The van der Waals surface area contributed by atoms with E-state index in [-0.39, 0.29) is 23.7 Å².